The number of nitrogens with zero attached hydrogens (tertiary/aromatic N) is 2. The molecule has 0 atom stereocenters. The van der Waals surface area contributed by atoms with Crippen LogP contribution >= 0.6 is 0 Å². The molecule has 0 aliphatic carbocycles. The van der Waals surface area contributed by atoms with Gasteiger partial charge in [0.05, 0.1) is 31.3 Å². The summed E-state index contributed by atoms with van der Waals surface area (Å²) in [7, 11) is 0. The van der Waals surface area contributed by atoms with Crippen molar-refractivity contribution in [2.75, 3.05) is 32.9 Å². The highest BCUT2D eigenvalue weighted by molar-refractivity contribution is 5.79. The van der Waals surface area contributed by atoms with E-state index >= 15 is 0 Å². The zero-order valence-electron chi connectivity index (χ0n) is 12.6. The predicted molar refractivity (Wildman–Crippen MR) is 83.8 cm³/mol. The Kier molecular flexibility index (Phi) is 8.54. The highest BCUT2D eigenvalue weighted by Gasteiger charge is 2.03. The molecule has 0 saturated heterocycles. The third kappa shape index (κ3) is 7.00. The first kappa shape index (κ1) is 17.9. The van der Waals surface area contributed by atoms with Gasteiger partial charge in [-0.1, -0.05) is 12.1 Å². The van der Waals surface area contributed by atoms with E-state index in [4.69, 9.17) is 9.84 Å². The molecular formula is C14H22N4O4. The maximum Gasteiger partial charge on any atom is 0.269 e. The average molecular weight is 310 g/mol. The van der Waals surface area contributed by atoms with Gasteiger partial charge in [0, 0.05) is 25.2 Å². The summed E-state index contributed by atoms with van der Waals surface area (Å²) in [6.07, 6.45) is 0. The van der Waals surface area contributed by atoms with Crippen molar-refractivity contribution in [3.05, 3.63) is 39.9 Å². The van der Waals surface area contributed by atoms with Gasteiger partial charge in [-0.2, -0.15) is 0 Å². The second-order valence-corrected chi connectivity index (χ2v) is 4.38. The van der Waals surface area contributed by atoms with Crippen LogP contribution in [-0.2, 0) is 11.3 Å². The summed E-state index contributed by atoms with van der Waals surface area (Å²) in [6.45, 7) is 4.49. The molecule has 1 rings (SSSR count). The molecule has 22 heavy (non-hydrogen) atoms. The summed E-state index contributed by atoms with van der Waals surface area (Å²) in [5, 5.41) is 25.4. The molecule has 1 aromatic carbocycles. The molecule has 0 bridgehead atoms. The minimum atomic E-state index is -0.426. The van der Waals surface area contributed by atoms with E-state index in [1.54, 1.807) is 12.1 Å². The number of nitrogens with one attached hydrogen (secondary N) is 2. The number of guanidine groups is 1. The van der Waals surface area contributed by atoms with Crippen LogP contribution in [0.25, 0.3) is 0 Å². The van der Waals surface area contributed by atoms with Gasteiger partial charge in [-0.3, -0.25) is 10.1 Å². The molecule has 1 aromatic rings. The minimum Gasteiger partial charge on any atom is -0.394 e. The van der Waals surface area contributed by atoms with Crippen molar-refractivity contribution in [3.63, 3.8) is 0 Å². The van der Waals surface area contributed by atoms with Gasteiger partial charge in [0.15, 0.2) is 5.96 Å². The summed E-state index contributed by atoms with van der Waals surface area (Å²) >= 11 is 0. The Labute approximate surface area is 129 Å². The van der Waals surface area contributed by atoms with Crippen LogP contribution in [0.1, 0.15) is 12.5 Å². The van der Waals surface area contributed by atoms with E-state index in [1.165, 1.54) is 12.1 Å². The molecule has 122 valence electrons. The number of rotatable bonds is 9. The van der Waals surface area contributed by atoms with E-state index in [0.717, 1.165) is 12.1 Å². The van der Waals surface area contributed by atoms with Gasteiger partial charge in [0.2, 0.25) is 0 Å². The minimum absolute atomic E-state index is 0.00823. The molecular weight excluding hydrogens is 288 g/mol. The fourth-order valence-corrected chi connectivity index (χ4v) is 1.64. The van der Waals surface area contributed by atoms with Crippen LogP contribution in [-0.4, -0.2) is 48.9 Å². The van der Waals surface area contributed by atoms with Crippen LogP contribution in [0.3, 0.4) is 0 Å². The summed E-state index contributed by atoms with van der Waals surface area (Å²) in [5.41, 5.74) is 0.957. The van der Waals surface area contributed by atoms with Crippen LogP contribution in [0.5, 0.6) is 0 Å². The van der Waals surface area contributed by atoms with Crippen molar-refractivity contribution in [3.8, 4) is 0 Å². The molecule has 0 amide bonds. The van der Waals surface area contributed by atoms with Gasteiger partial charge < -0.3 is 20.5 Å². The Bertz CT molecular complexity index is 476. The fourth-order valence-electron chi connectivity index (χ4n) is 1.64. The van der Waals surface area contributed by atoms with Crippen LogP contribution in [0.2, 0.25) is 0 Å². The molecule has 0 radical (unpaired) electrons. The number of nitro benzene ring substituents is 1. The maximum absolute atomic E-state index is 10.6. The van der Waals surface area contributed by atoms with Crippen molar-refractivity contribution < 1.29 is 14.8 Å². The SMILES string of the molecule is CCNC(=NCc1ccc([N+](=O)[O-])cc1)NCCOCCO. The molecule has 0 heterocycles. The van der Waals surface area contributed by atoms with Gasteiger partial charge in [0.1, 0.15) is 0 Å². The van der Waals surface area contributed by atoms with E-state index in [-0.39, 0.29) is 12.3 Å². The van der Waals surface area contributed by atoms with Crippen molar-refractivity contribution in [2.24, 2.45) is 4.99 Å². The number of ether oxygens (including phenoxy) is 1. The molecule has 0 saturated carbocycles. The second kappa shape index (κ2) is 10.5. The lowest BCUT2D eigenvalue weighted by molar-refractivity contribution is -0.384. The molecule has 8 heteroatoms. The van der Waals surface area contributed by atoms with Gasteiger partial charge in [-0.25, -0.2) is 4.99 Å². The Morgan fingerprint density at radius 3 is 2.64 bits per heavy atom. The van der Waals surface area contributed by atoms with Crippen LogP contribution in [0, 0.1) is 10.1 Å². The van der Waals surface area contributed by atoms with Crippen molar-refractivity contribution in [1.82, 2.24) is 10.6 Å². The van der Waals surface area contributed by atoms with E-state index in [1.807, 2.05) is 6.92 Å². The van der Waals surface area contributed by atoms with Crippen LogP contribution in [0.15, 0.2) is 29.3 Å². The first-order valence-corrected chi connectivity index (χ1v) is 7.11. The number of hydrogen-bond donors (Lipinski definition) is 3. The normalized spacial score (nSPS) is 11.3. The lowest BCUT2D eigenvalue weighted by Crippen LogP contribution is -2.39. The Balaban J connectivity index is 2.48. The molecule has 0 unspecified atom stereocenters. The van der Waals surface area contributed by atoms with E-state index in [2.05, 4.69) is 15.6 Å². The topological polar surface area (TPSA) is 109 Å². The fraction of sp³-hybridized carbons (Fsp3) is 0.500. The lowest BCUT2D eigenvalue weighted by Gasteiger charge is -2.11. The van der Waals surface area contributed by atoms with E-state index < -0.39 is 4.92 Å². The van der Waals surface area contributed by atoms with Crippen molar-refractivity contribution in [1.29, 1.82) is 0 Å². The average Bonchev–Trinajstić information content (AvgIpc) is 2.52. The number of benzene rings is 1. The number of aliphatic imine (C=N–C) groups is 1. The molecule has 8 nitrogen and oxygen atoms in total. The number of hydrogen-bond acceptors (Lipinski definition) is 5. The smallest absolute Gasteiger partial charge is 0.269 e. The third-order valence-electron chi connectivity index (χ3n) is 2.69. The Morgan fingerprint density at radius 2 is 2.05 bits per heavy atom. The summed E-state index contributed by atoms with van der Waals surface area (Å²) in [4.78, 5) is 14.6. The number of non-ortho nitro benzene ring substituents is 1. The molecule has 0 aliphatic rings. The maximum atomic E-state index is 10.6. The quantitative estimate of drug-likeness (QED) is 0.203. The zero-order chi connectivity index (χ0) is 16.2. The van der Waals surface area contributed by atoms with Gasteiger partial charge in [0.25, 0.3) is 5.69 Å². The first-order chi connectivity index (χ1) is 10.7. The lowest BCUT2D eigenvalue weighted by atomic mass is 10.2. The molecule has 0 aliphatic heterocycles. The third-order valence-corrected chi connectivity index (χ3v) is 2.69. The number of nitro groups is 1. The highest BCUT2D eigenvalue weighted by atomic mass is 16.6. The van der Waals surface area contributed by atoms with Crippen LogP contribution in [0.4, 0.5) is 5.69 Å². The highest BCUT2D eigenvalue weighted by Crippen LogP contribution is 2.12. The van der Waals surface area contributed by atoms with Crippen molar-refractivity contribution in [2.45, 2.75) is 13.5 Å². The van der Waals surface area contributed by atoms with E-state index in [0.29, 0.717) is 32.3 Å². The Hall–Kier alpha value is -2.19. The predicted octanol–water partition coefficient (Wildman–Crippen LogP) is 0.659. The number of aliphatic hydroxyl groups is 1. The van der Waals surface area contributed by atoms with Gasteiger partial charge >= 0.3 is 0 Å². The summed E-state index contributed by atoms with van der Waals surface area (Å²) in [5.74, 6) is 0.647. The van der Waals surface area contributed by atoms with Gasteiger partial charge in [-0.15, -0.1) is 0 Å². The van der Waals surface area contributed by atoms with Crippen molar-refractivity contribution >= 4 is 11.6 Å². The first-order valence-electron chi connectivity index (χ1n) is 7.11. The molecule has 0 spiro atoms. The number of aliphatic hydroxyl groups excluding tert-OH is 1. The summed E-state index contributed by atoms with van der Waals surface area (Å²) in [6, 6.07) is 6.31. The zero-order valence-corrected chi connectivity index (χ0v) is 12.6. The molecule has 0 aromatic heterocycles. The monoisotopic (exact) mass is 310 g/mol. The summed E-state index contributed by atoms with van der Waals surface area (Å²) < 4.78 is 5.15. The van der Waals surface area contributed by atoms with E-state index in [9.17, 15) is 10.1 Å². The second-order valence-electron chi connectivity index (χ2n) is 4.38. The van der Waals surface area contributed by atoms with Gasteiger partial charge in [-0.05, 0) is 12.5 Å². The Morgan fingerprint density at radius 1 is 1.32 bits per heavy atom. The van der Waals surface area contributed by atoms with Crippen LogP contribution < -0.4 is 10.6 Å². The largest absolute Gasteiger partial charge is 0.394 e. The standard InChI is InChI=1S/C14H22N4O4/c1-2-15-14(16-7-9-22-10-8-19)17-11-12-3-5-13(6-4-12)18(20)21/h3-6,19H,2,7-11H2,1H3,(H2,15,16,17). The molecule has 0 fully saturated rings. The molecule has 3 N–H and O–H groups in total.